The lowest BCUT2D eigenvalue weighted by Crippen LogP contribution is -2.37. The number of anilines is 1. The summed E-state index contributed by atoms with van der Waals surface area (Å²) in [6, 6.07) is 7.71. The molecule has 0 radical (unpaired) electrons. The van der Waals surface area contributed by atoms with Crippen LogP contribution in [0.25, 0.3) is 0 Å². The van der Waals surface area contributed by atoms with Gasteiger partial charge < -0.3 is 20.7 Å². The number of methoxy groups -OCH3 is 1. The van der Waals surface area contributed by atoms with Crippen LogP contribution in [-0.4, -0.2) is 39.2 Å². The molecule has 0 spiro atoms. The lowest BCUT2D eigenvalue weighted by molar-refractivity contribution is -0.114. The second-order valence-electron chi connectivity index (χ2n) is 4.58. The Morgan fingerprint density at radius 1 is 1.32 bits per heavy atom. The molecule has 124 valence electrons. The van der Waals surface area contributed by atoms with Gasteiger partial charge >= 0.3 is 0 Å². The number of hydrogen-bond donors (Lipinski definition) is 3. The average Bonchev–Trinajstić information content (AvgIpc) is 2.46. The quantitative estimate of drug-likeness (QED) is 0.273. The van der Waals surface area contributed by atoms with Gasteiger partial charge in [0, 0.05) is 46.5 Å². The van der Waals surface area contributed by atoms with Gasteiger partial charge in [-0.15, -0.1) is 24.0 Å². The maximum absolute atomic E-state index is 11.0. The van der Waals surface area contributed by atoms with Crippen molar-refractivity contribution in [2.75, 3.05) is 32.6 Å². The molecule has 0 atom stereocenters. The van der Waals surface area contributed by atoms with Crippen LogP contribution in [0.5, 0.6) is 0 Å². The van der Waals surface area contributed by atoms with Crippen LogP contribution in [0.1, 0.15) is 18.9 Å². The van der Waals surface area contributed by atoms with Crippen LogP contribution >= 0.6 is 24.0 Å². The van der Waals surface area contributed by atoms with Crippen LogP contribution in [0.4, 0.5) is 5.69 Å². The third-order valence-electron chi connectivity index (χ3n) is 2.75. The zero-order valence-electron chi connectivity index (χ0n) is 13.3. The van der Waals surface area contributed by atoms with Gasteiger partial charge in [-0.25, -0.2) is 0 Å². The Morgan fingerprint density at radius 2 is 2.09 bits per heavy atom. The average molecular weight is 420 g/mol. The molecule has 1 aromatic carbocycles. The molecule has 3 N–H and O–H groups in total. The van der Waals surface area contributed by atoms with Crippen LogP contribution in [-0.2, 0) is 16.1 Å². The zero-order chi connectivity index (χ0) is 15.5. The van der Waals surface area contributed by atoms with Crippen LogP contribution in [0.2, 0.25) is 0 Å². The molecule has 0 bridgehead atoms. The molecule has 0 aliphatic rings. The number of nitrogens with one attached hydrogen (secondary N) is 3. The van der Waals surface area contributed by atoms with Crippen molar-refractivity contribution < 1.29 is 9.53 Å². The highest BCUT2D eigenvalue weighted by Gasteiger charge is 2.00. The fourth-order valence-electron chi connectivity index (χ4n) is 1.79. The summed E-state index contributed by atoms with van der Waals surface area (Å²) in [5.74, 6) is 0.673. The van der Waals surface area contributed by atoms with E-state index in [-0.39, 0.29) is 29.9 Å². The minimum Gasteiger partial charge on any atom is -0.385 e. The van der Waals surface area contributed by atoms with E-state index < -0.39 is 0 Å². The van der Waals surface area contributed by atoms with Crippen molar-refractivity contribution in [1.82, 2.24) is 10.6 Å². The Labute approximate surface area is 149 Å². The summed E-state index contributed by atoms with van der Waals surface area (Å²) in [4.78, 5) is 15.2. The van der Waals surface area contributed by atoms with Gasteiger partial charge in [0.1, 0.15) is 0 Å². The molecular weight excluding hydrogens is 395 g/mol. The van der Waals surface area contributed by atoms with Crippen LogP contribution in [0.3, 0.4) is 0 Å². The first kappa shape index (κ1) is 20.6. The van der Waals surface area contributed by atoms with Crippen molar-refractivity contribution >= 4 is 41.5 Å². The van der Waals surface area contributed by atoms with E-state index in [9.17, 15) is 4.79 Å². The lowest BCUT2D eigenvalue weighted by atomic mass is 10.2. The fourth-order valence-corrected chi connectivity index (χ4v) is 1.79. The Bertz CT molecular complexity index is 480. The summed E-state index contributed by atoms with van der Waals surface area (Å²) >= 11 is 0. The maximum atomic E-state index is 11.0. The summed E-state index contributed by atoms with van der Waals surface area (Å²) in [6.45, 7) is 3.66. The smallest absolute Gasteiger partial charge is 0.221 e. The summed E-state index contributed by atoms with van der Waals surface area (Å²) in [5, 5.41) is 9.21. The maximum Gasteiger partial charge on any atom is 0.221 e. The molecule has 0 saturated heterocycles. The topological polar surface area (TPSA) is 74.8 Å². The van der Waals surface area contributed by atoms with E-state index in [1.807, 2.05) is 24.3 Å². The Hall–Kier alpha value is -1.35. The summed E-state index contributed by atoms with van der Waals surface area (Å²) in [5.41, 5.74) is 1.87. The summed E-state index contributed by atoms with van der Waals surface area (Å²) in [7, 11) is 3.43. The molecule has 1 aromatic rings. The fraction of sp³-hybridized carbons (Fsp3) is 0.467. The molecule has 0 aromatic heterocycles. The number of aliphatic imine (C=N–C) groups is 1. The molecule has 0 fully saturated rings. The van der Waals surface area contributed by atoms with Gasteiger partial charge in [0.15, 0.2) is 5.96 Å². The minimum atomic E-state index is -0.0734. The largest absolute Gasteiger partial charge is 0.385 e. The first-order valence-corrected chi connectivity index (χ1v) is 6.95. The van der Waals surface area contributed by atoms with Crippen molar-refractivity contribution in [3.05, 3.63) is 29.8 Å². The second-order valence-corrected chi connectivity index (χ2v) is 4.58. The van der Waals surface area contributed by atoms with Gasteiger partial charge in [-0.05, 0) is 24.1 Å². The van der Waals surface area contributed by atoms with Gasteiger partial charge in [0.2, 0.25) is 5.91 Å². The van der Waals surface area contributed by atoms with Crippen molar-refractivity contribution in [2.24, 2.45) is 4.99 Å². The van der Waals surface area contributed by atoms with Crippen LogP contribution < -0.4 is 16.0 Å². The number of hydrogen-bond acceptors (Lipinski definition) is 3. The first-order chi connectivity index (χ1) is 10.2. The SMILES string of the molecule is CN=C(NCCCOC)NCc1cccc(NC(C)=O)c1.I. The zero-order valence-corrected chi connectivity index (χ0v) is 15.6. The molecule has 7 heteroatoms. The molecule has 6 nitrogen and oxygen atoms in total. The first-order valence-electron chi connectivity index (χ1n) is 6.95. The highest BCUT2D eigenvalue weighted by Crippen LogP contribution is 2.10. The molecule has 0 aliphatic heterocycles. The predicted molar refractivity (Wildman–Crippen MR) is 101 cm³/mol. The van der Waals surface area contributed by atoms with Crippen molar-refractivity contribution in [3.63, 3.8) is 0 Å². The van der Waals surface area contributed by atoms with Gasteiger partial charge in [-0.3, -0.25) is 9.79 Å². The molecule has 0 aliphatic carbocycles. The van der Waals surface area contributed by atoms with Crippen molar-refractivity contribution in [3.8, 4) is 0 Å². The normalized spacial score (nSPS) is 10.6. The summed E-state index contributed by atoms with van der Waals surface area (Å²) < 4.78 is 5.00. The second kappa shape index (κ2) is 12.2. The number of ether oxygens (including phenoxy) is 1. The van der Waals surface area contributed by atoms with Gasteiger partial charge in [0.25, 0.3) is 0 Å². The molecule has 0 heterocycles. The molecule has 0 unspecified atom stereocenters. The van der Waals surface area contributed by atoms with E-state index in [1.165, 1.54) is 6.92 Å². The number of carbonyl (C=O) groups is 1. The summed E-state index contributed by atoms with van der Waals surface area (Å²) in [6.07, 6.45) is 0.926. The highest BCUT2D eigenvalue weighted by atomic mass is 127. The van der Waals surface area contributed by atoms with E-state index in [0.29, 0.717) is 6.54 Å². The van der Waals surface area contributed by atoms with Gasteiger partial charge in [-0.1, -0.05) is 12.1 Å². The molecule has 1 rings (SSSR count). The van der Waals surface area contributed by atoms with Gasteiger partial charge in [-0.2, -0.15) is 0 Å². The number of carbonyl (C=O) groups excluding carboxylic acids is 1. The molecule has 0 saturated carbocycles. The van der Waals surface area contributed by atoms with Gasteiger partial charge in [0.05, 0.1) is 0 Å². The number of halogens is 1. The minimum absolute atomic E-state index is 0. The van der Waals surface area contributed by atoms with E-state index in [0.717, 1.165) is 36.8 Å². The Morgan fingerprint density at radius 3 is 2.73 bits per heavy atom. The van der Waals surface area contributed by atoms with E-state index in [1.54, 1.807) is 14.2 Å². The Kier molecular flexibility index (Phi) is 11.5. The van der Waals surface area contributed by atoms with Crippen molar-refractivity contribution in [2.45, 2.75) is 19.9 Å². The third kappa shape index (κ3) is 8.83. The third-order valence-corrected chi connectivity index (χ3v) is 2.75. The number of benzene rings is 1. The Balaban J connectivity index is 0.00000441. The van der Waals surface area contributed by atoms with Crippen LogP contribution in [0.15, 0.2) is 29.3 Å². The van der Waals surface area contributed by atoms with E-state index in [2.05, 4.69) is 20.9 Å². The molecule has 22 heavy (non-hydrogen) atoms. The standard InChI is InChI=1S/C15H24N4O2.HI/c1-12(20)19-14-7-4-6-13(10-14)11-18-15(16-2)17-8-5-9-21-3;/h4,6-7,10H,5,8-9,11H2,1-3H3,(H,19,20)(H2,16,17,18);1H. The number of rotatable bonds is 7. The number of guanidine groups is 1. The van der Waals surface area contributed by atoms with E-state index >= 15 is 0 Å². The number of nitrogens with zero attached hydrogens (tertiary/aromatic N) is 1. The monoisotopic (exact) mass is 420 g/mol. The lowest BCUT2D eigenvalue weighted by Gasteiger charge is -2.12. The van der Waals surface area contributed by atoms with Crippen LogP contribution in [0, 0.1) is 0 Å². The van der Waals surface area contributed by atoms with Crippen molar-refractivity contribution in [1.29, 1.82) is 0 Å². The molecule has 1 amide bonds. The number of amides is 1. The van der Waals surface area contributed by atoms with E-state index in [4.69, 9.17) is 4.74 Å². The molecular formula is C15H25IN4O2. The highest BCUT2D eigenvalue weighted by molar-refractivity contribution is 14.0. The predicted octanol–water partition coefficient (Wildman–Crippen LogP) is 1.96.